The van der Waals surface area contributed by atoms with Crippen molar-refractivity contribution in [3.8, 4) is 0 Å². The summed E-state index contributed by atoms with van der Waals surface area (Å²) >= 11 is 0. The zero-order valence-electron chi connectivity index (χ0n) is 7.63. The van der Waals surface area contributed by atoms with Crippen molar-refractivity contribution in [3.05, 3.63) is 35.9 Å². The smallest absolute Gasteiger partial charge is 0.0722 e. The molecule has 1 aromatic rings. The van der Waals surface area contributed by atoms with E-state index in [2.05, 4.69) is 5.48 Å². The highest BCUT2D eigenvalue weighted by Crippen LogP contribution is 1.98. The lowest BCUT2D eigenvalue weighted by atomic mass is 10.2. The summed E-state index contributed by atoms with van der Waals surface area (Å²) in [5.41, 5.74) is 3.81. The number of benzene rings is 1. The Morgan fingerprint density at radius 1 is 1.55 bits per heavy atom. The van der Waals surface area contributed by atoms with Crippen LogP contribution in [0.25, 0.3) is 0 Å². The highest BCUT2D eigenvalue weighted by Gasteiger charge is 1.89. The van der Waals surface area contributed by atoms with Gasteiger partial charge in [0.25, 0.3) is 0 Å². The summed E-state index contributed by atoms with van der Waals surface area (Å²) in [4.78, 5) is 4.97. The van der Waals surface area contributed by atoms with E-state index in [-0.39, 0.29) is 0 Å². The van der Waals surface area contributed by atoms with Gasteiger partial charge in [-0.25, -0.2) is 5.48 Å². The first-order chi connectivity index (χ1) is 5.83. The third-order valence-electron chi connectivity index (χ3n) is 1.42. The van der Waals surface area contributed by atoms with Crippen molar-refractivity contribution in [2.24, 2.45) is 0 Å². The molecule has 1 aromatic carbocycles. The number of nitrogens with one attached hydrogen (secondary N) is 1. The molecule has 0 aliphatic rings. The third-order valence-corrected chi connectivity index (χ3v) is 1.42. The molecule has 0 bridgehead atoms. The van der Waals surface area contributed by atoms with E-state index < -0.39 is 0 Å². The highest BCUT2D eigenvalue weighted by atomic mass is 16.6. The van der Waals surface area contributed by atoms with E-state index in [1.54, 1.807) is 19.2 Å². The summed E-state index contributed by atoms with van der Waals surface area (Å²) in [5, 5.41) is 0. The first kappa shape index (κ1) is 6.83. The minimum atomic E-state index is 0.549. The van der Waals surface area contributed by atoms with Crippen LogP contribution in [-0.2, 0) is 11.3 Å². The predicted octanol–water partition coefficient (Wildman–Crippen LogP) is 1.38. The molecule has 60 valence electrons. The second-order valence-electron chi connectivity index (χ2n) is 2.21. The van der Waals surface area contributed by atoms with Crippen LogP contribution in [-0.4, -0.2) is 13.7 Å². The monoisotopic (exact) mass is 153 g/mol. The number of hydrogen-bond acceptors (Lipinski definition) is 2. The van der Waals surface area contributed by atoms with E-state index >= 15 is 0 Å². The Hall–Kier alpha value is -0.860. The van der Waals surface area contributed by atoms with Gasteiger partial charge in [-0.15, -0.1) is 0 Å². The van der Waals surface area contributed by atoms with E-state index in [0.29, 0.717) is 12.6 Å². The summed E-state index contributed by atoms with van der Waals surface area (Å²) in [5.74, 6) is 0. The van der Waals surface area contributed by atoms with Crippen molar-refractivity contribution < 1.29 is 6.21 Å². The van der Waals surface area contributed by atoms with Crippen molar-refractivity contribution in [2.75, 3.05) is 13.7 Å². The average Bonchev–Trinajstić information content (AvgIpc) is 2.09. The van der Waals surface area contributed by atoms with Crippen molar-refractivity contribution in [1.29, 1.82) is 0 Å². The van der Waals surface area contributed by atoms with Crippen LogP contribution < -0.4 is 5.48 Å². The molecule has 0 spiro atoms. The molecule has 0 saturated heterocycles. The summed E-state index contributed by atoms with van der Waals surface area (Å²) in [7, 11) is 1.74. The lowest BCUT2D eigenvalue weighted by molar-refractivity contribution is 0.0604. The van der Waals surface area contributed by atoms with Crippen molar-refractivity contribution in [2.45, 2.75) is 6.42 Å². The van der Waals surface area contributed by atoms with Crippen LogP contribution in [0.3, 0.4) is 0 Å². The van der Waals surface area contributed by atoms with Crippen molar-refractivity contribution in [3.63, 3.8) is 0 Å². The zero-order chi connectivity index (χ0) is 8.81. The Bertz CT molecular complexity index is 222. The molecule has 0 aliphatic heterocycles. The Labute approximate surface area is 68.5 Å². The summed E-state index contributed by atoms with van der Waals surface area (Å²) in [6, 6.07) is 8.01. The molecule has 1 N–H and O–H groups in total. The molecule has 0 aromatic heterocycles. The normalized spacial score (nSPS) is 11.2. The predicted molar refractivity (Wildman–Crippen MR) is 45.2 cm³/mol. The van der Waals surface area contributed by atoms with E-state index in [0.717, 1.165) is 6.42 Å². The summed E-state index contributed by atoms with van der Waals surface area (Å²) in [6.45, 7) is 0.661. The number of hydroxylamine groups is 1. The van der Waals surface area contributed by atoms with Gasteiger partial charge in [-0.05, 0) is 12.0 Å². The minimum Gasteiger partial charge on any atom is -0.302 e. The van der Waals surface area contributed by atoms with Gasteiger partial charge in [-0.3, -0.25) is 0 Å². The Morgan fingerprint density at radius 2 is 2.27 bits per heavy atom. The number of rotatable bonds is 4. The minimum absolute atomic E-state index is 0.549. The molecule has 0 saturated carbocycles. The molecule has 0 atom stereocenters. The Kier molecular flexibility index (Phi) is 3.03. The Morgan fingerprint density at radius 3 is 2.91 bits per heavy atom. The van der Waals surface area contributed by atoms with E-state index in [1.807, 2.05) is 12.1 Å². The maximum absolute atomic E-state index is 7.26. The largest absolute Gasteiger partial charge is 0.302 e. The molecule has 2 heteroatoms. The van der Waals surface area contributed by atoms with Crippen LogP contribution in [0.4, 0.5) is 0 Å². The lowest BCUT2D eigenvalue weighted by Crippen LogP contribution is -2.09. The SMILES string of the molecule is [3H]c1ccc(CCONC)cc1. The highest BCUT2D eigenvalue weighted by molar-refractivity contribution is 5.14. The maximum Gasteiger partial charge on any atom is 0.0722 e. The molecule has 0 radical (unpaired) electrons. The van der Waals surface area contributed by atoms with Crippen molar-refractivity contribution >= 4 is 0 Å². The topological polar surface area (TPSA) is 21.3 Å². The fourth-order valence-electron chi connectivity index (χ4n) is 0.859. The molecule has 0 heterocycles. The second-order valence-corrected chi connectivity index (χ2v) is 2.21. The molecule has 0 unspecified atom stereocenters. The standard InChI is InChI=1S/C9H13NO/c1-10-11-8-7-9-5-3-2-4-6-9/h2-6,10H,7-8H2,1H3/i2T. The van der Waals surface area contributed by atoms with E-state index in [4.69, 9.17) is 6.21 Å². The van der Waals surface area contributed by atoms with Gasteiger partial charge in [0.15, 0.2) is 0 Å². The average molecular weight is 153 g/mol. The lowest BCUT2D eigenvalue weighted by Gasteiger charge is -2.00. The van der Waals surface area contributed by atoms with E-state index in [9.17, 15) is 0 Å². The van der Waals surface area contributed by atoms with Crippen LogP contribution in [0.1, 0.15) is 6.93 Å². The number of hydrogen-bond donors (Lipinski definition) is 1. The van der Waals surface area contributed by atoms with Crippen LogP contribution in [0.2, 0.25) is 0 Å². The second kappa shape index (κ2) is 4.88. The van der Waals surface area contributed by atoms with Gasteiger partial charge in [0.2, 0.25) is 0 Å². The fourth-order valence-corrected chi connectivity index (χ4v) is 0.859. The molecule has 11 heavy (non-hydrogen) atoms. The zero-order valence-corrected chi connectivity index (χ0v) is 6.63. The molecular formula is C9H13NO. The van der Waals surface area contributed by atoms with Gasteiger partial charge in [0.1, 0.15) is 0 Å². The first-order valence-electron chi connectivity index (χ1n) is 4.17. The van der Waals surface area contributed by atoms with Crippen LogP contribution in [0, 0.1) is 0 Å². The Balaban J connectivity index is 2.37. The van der Waals surface area contributed by atoms with Gasteiger partial charge in [0.05, 0.1) is 7.98 Å². The maximum atomic E-state index is 7.26. The van der Waals surface area contributed by atoms with Gasteiger partial charge < -0.3 is 4.84 Å². The quantitative estimate of drug-likeness (QED) is 0.521. The van der Waals surface area contributed by atoms with Gasteiger partial charge in [0, 0.05) is 7.05 Å². The van der Waals surface area contributed by atoms with Gasteiger partial charge >= 0.3 is 0 Å². The van der Waals surface area contributed by atoms with Gasteiger partial charge in [-0.1, -0.05) is 30.3 Å². The molecule has 1 rings (SSSR count). The van der Waals surface area contributed by atoms with Crippen LogP contribution >= 0.6 is 0 Å². The van der Waals surface area contributed by atoms with Crippen molar-refractivity contribution in [1.82, 2.24) is 5.48 Å². The van der Waals surface area contributed by atoms with E-state index in [1.165, 1.54) is 5.56 Å². The molecule has 0 fully saturated rings. The molecule has 0 amide bonds. The third kappa shape index (κ3) is 3.16. The molecule has 0 aliphatic carbocycles. The van der Waals surface area contributed by atoms with Crippen LogP contribution in [0.5, 0.6) is 0 Å². The molecular weight excluding hydrogens is 138 g/mol. The summed E-state index contributed by atoms with van der Waals surface area (Å²) in [6.07, 6.45) is 0.876. The van der Waals surface area contributed by atoms with Crippen LogP contribution in [0.15, 0.2) is 30.3 Å². The fraction of sp³-hybridized carbons (Fsp3) is 0.333. The summed E-state index contributed by atoms with van der Waals surface area (Å²) < 4.78 is 7.26. The molecule has 2 nitrogen and oxygen atoms in total. The first-order valence-corrected chi connectivity index (χ1v) is 3.67. The van der Waals surface area contributed by atoms with Gasteiger partial charge in [-0.2, -0.15) is 0 Å².